The third-order valence-corrected chi connectivity index (χ3v) is 1.13. The molecule has 0 aromatic heterocycles. The first-order chi connectivity index (χ1) is 4.84. The molecule has 0 unspecified atom stereocenters. The third-order valence-electron chi connectivity index (χ3n) is 1.13. The number of carbonyl (C=O) groups excluding carboxylic acids is 1. The summed E-state index contributed by atoms with van der Waals surface area (Å²) >= 11 is 0. The SMILES string of the molecule is COC(=O)[C@@H]1C=CC=NN1. The fourth-order valence-corrected chi connectivity index (χ4v) is 0.628. The molecule has 1 N–H and O–H groups in total. The van der Waals surface area contributed by atoms with Crippen LogP contribution in [0, 0.1) is 0 Å². The molecule has 0 amide bonds. The van der Waals surface area contributed by atoms with Crippen LogP contribution in [0.3, 0.4) is 0 Å². The lowest BCUT2D eigenvalue weighted by atomic mass is 10.3. The summed E-state index contributed by atoms with van der Waals surface area (Å²) in [6.45, 7) is 0. The molecule has 0 radical (unpaired) electrons. The number of methoxy groups -OCH3 is 1. The Morgan fingerprint density at radius 1 is 1.80 bits per heavy atom. The van der Waals surface area contributed by atoms with Crippen molar-refractivity contribution in [3.05, 3.63) is 12.2 Å². The Morgan fingerprint density at radius 2 is 2.60 bits per heavy atom. The van der Waals surface area contributed by atoms with Crippen LogP contribution in [0.15, 0.2) is 17.3 Å². The largest absolute Gasteiger partial charge is 0.467 e. The summed E-state index contributed by atoms with van der Waals surface area (Å²) < 4.78 is 4.46. The van der Waals surface area contributed by atoms with Crippen LogP contribution in [-0.4, -0.2) is 25.3 Å². The Morgan fingerprint density at radius 3 is 3.10 bits per heavy atom. The minimum atomic E-state index is -0.421. The van der Waals surface area contributed by atoms with E-state index >= 15 is 0 Å². The molecule has 0 aromatic rings. The summed E-state index contributed by atoms with van der Waals surface area (Å²) in [5.74, 6) is -0.326. The van der Waals surface area contributed by atoms with Gasteiger partial charge in [0.05, 0.1) is 7.11 Å². The standard InChI is InChI=1S/C6H8N2O2/c1-10-6(9)5-3-2-4-7-8-5/h2-5,8H,1H3/t5-/m0/s1. The zero-order valence-electron chi connectivity index (χ0n) is 5.57. The molecular formula is C6H8N2O2. The molecule has 1 aliphatic rings. The van der Waals surface area contributed by atoms with Crippen molar-refractivity contribution in [1.82, 2.24) is 5.43 Å². The lowest BCUT2D eigenvalue weighted by molar-refractivity contribution is -0.141. The molecule has 0 aromatic carbocycles. The van der Waals surface area contributed by atoms with Gasteiger partial charge in [-0.2, -0.15) is 5.10 Å². The number of allylic oxidation sites excluding steroid dienone is 1. The average molecular weight is 140 g/mol. The predicted molar refractivity (Wildman–Crippen MR) is 36.6 cm³/mol. The third kappa shape index (κ3) is 1.34. The number of rotatable bonds is 1. The van der Waals surface area contributed by atoms with E-state index in [2.05, 4.69) is 15.3 Å². The number of nitrogens with zero attached hydrogens (tertiary/aromatic N) is 1. The van der Waals surface area contributed by atoms with Gasteiger partial charge >= 0.3 is 5.97 Å². The Kier molecular flexibility index (Phi) is 2.04. The molecule has 4 nitrogen and oxygen atoms in total. The minimum absolute atomic E-state index is 0.326. The highest BCUT2D eigenvalue weighted by molar-refractivity contribution is 5.82. The van der Waals surface area contributed by atoms with Crippen LogP contribution >= 0.6 is 0 Å². The van der Waals surface area contributed by atoms with Crippen LogP contribution in [0.1, 0.15) is 0 Å². The van der Waals surface area contributed by atoms with Crippen molar-refractivity contribution in [1.29, 1.82) is 0 Å². The number of ether oxygens (including phenoxy) is 1. The number of hydrazone groups is 1. The molecule has 0 saturated heterocycles. The molecule has 1 aliphatic heterocycles. The highest BCUT2D eigenvalue weighted by Crippen LogP contribution is 1.92. The van der Waals surface area contributed by atoms with Gasteiger partial charge in [-0.1, -0.05) is 0 Å². The van der Waals surface area contributed by atoms with E-state index in [1.165, 1.54) is 7.11 Å². The van der Waals surface area contributed by atoms with Gasteiger partial charge in [0.1, 0.15) is 0 Å². The van der Waals surface area contributed by atoms with E-state index in [9.17, 15) is 4.79 Å². The van der Waals surface area contributed by atoms with Crippen LogP contribution in [-0.2, 0) is 9.53 Å². The number of hydrogen-bond acceptors (Lipinski definition) is 4. The Balaban J connectivity index is 2.51. The summed E-state index contributed by atoms with van der Waals surface area (Å²) in [4.78, 5) is 10.8. The lowest BCUT2D eigenvalue weighted by Crippen LogP contribution is -2.33. The second-order valence-corrected chi connectivity index (χ2v) is 1.79. The molecule has 0 aliphatic carbocycles. The van der Waals surface area contributed by atoms with Crippen molar-refractivity contribution >= 4 is 12.2 Å². The fraction of sp³-hybridized carbons (Fsp3) is 0.333. The van der Waals surface area contributed by atoms with Gasteiger partial charge in [0, 0.05) is 6.21 Å². The molecule has 1 heterocycles. The summed E-state index contributed by atoms with van der Waals surface area (Å²) in [6.07, 6.45) is 4.94. The van der Waals surface area contributed by atoms with E-state index in [0.717, 1.165) is 0 Å². The number of esters is 1. The maximum absolute atomic E-state index is 10.8. The van der Waals surface area contributed by atoms with E-state index in [4.69, 9.17) is 0 Å². The molecule has 10 heavy (non-hydrogen) atoms. The second kappa shape index (κ2) is 3.00. The first-order valence-corrected chi connectivity index (χ1v) is 2.88. The van der Waals surface area contributed by atoms with Crippen LogP contribution in [0.4, 0.5) is 0 Å². The van der Waals surface area contributed by atoms with Crippen molar-refractivity contribution in [3.8, 4) is 0 Å². The highest BCUT2D eigenvalue weighted by atomic mass is 16.5. The van der Waals surface area contributed by atoms with Gasteiger partial charge in [-0.15, -0.1) is 0 Å². The average Bonchev–Trinajstić information content (AvgIpc) is 2.05. The second-order valence-electron chi connectivity index (χ2n) is 1.79. The predicted octanol–water partition coefficient (Wildman–Crippen LogP) is -0.327. The molecule has 1 rings (SSSR count). The van der Waals surface area contributed by atoms with Crippen LogP contribution < -0.4 is 5.43 Å². The van der Waals surface area contributed by atoms with Gasteiger partial charge in [-0.05, 0) is 12.2 Å². The van der Waals surface area contributed by atoms with E-state index < -0.39 is 6.04 Å². The quantitative estimate of drug-likeness (QED) is 0.507. The zero-order chi connectivity index (χ0) is 7.40. The van der Waals surface area contributed by atoms with Gasteiger partial charge in [-0.3, -0.25) is 5.43 Å². The number of hydrogen-bond donors (Lipinski definition) is 1. The normalized spacial score (nSPS) is 21.9. The van der Waals surface area contributed by atoms with Gasteiger partial charge < -0.3 is 4.74 Å². The first kappa shape index (κ1) is 6.80. The molecule has 1 atom stereocenters. The van der Waals surface area contributed by atoms with Crippen molar-refractivity contribution in [2.45, 2.75) is 6.04 Å². The monoisotopic (exact) mass is 140 g/mol. The summed E-state index contributed by atoms with van der Waals surface area (Å²) in [6, 6.07) is -0.421. The lowest BCUT2D eigenvalue weighted by Gasteiger charge is -2.10. The van der Waals surface area contributed by atoms with Crippen LogP contribution in [0.2, 0.25) is 0 Å². The summed E-state index contributed by atoms with van der Waals surface area (Å²) in [7, 11) is 1.34. The van der Waals surface area contributed by atoms with Crippen molar-refractivity contribution in [3.63, 3.8) is 0 Å². The van der Waals surface area contributed by atoms with Crippen molar-refractivity contribution in [2.24, 2.45) is 5.10 Å². The molecule has 0 bridgehead atoms. The topological polar surface area (TPSA) is 50.7 Å². The molecule has 0 spiro atoms. The van der Waals surface area contributed by atoms with E-state index in [1.807, 2.05) is 0 Å². The molecule has 0 saturated carbocycles. The van der Waals surface area contributed by atoms with E-state index in [-0.39, 0.29) is 5.97 Å². The Labute approximate surface area is 58.6 Å². The zero-order valence-corrected chi connectivity index (χ0v) is 5.57. The van der Waals surface area contributed by atoms with Crippen molar-refractivity contribution in [2.75, 3.05) is 7.11 Å². The van der Waals surface area contributed by atoms with E-state index in [1.54, 1.807) is 18.4 Å². The fourth-order valence-electron chi connectivity index (χ4n) is 0.628. The Hall–Kier alpha value is -1.32. The van der Waals surface area contributed by atoms with Crippen molar-refractivity contribution < 1.29 is 9.53 Å². The molecule has 4 heteroatoms. The molecule has 54 valence electrons. The van der Waals surface area contributed by atoms with Gasteiger partial charge in [-0.25, -0.2) is 4.79 Å². The first-order valence-electron chi connectivity index (χ1n) is 2.88. The molecule has 0 fully saturated rings. The highest BCUT2D eigenvalue weighted by Gasteiger charge is 2.14. The Bertz CT molecular complexity index is 186. The number of carbonyl (C=O) groups is 1. The summed E-state index contributed by atoms with van der Waals surface area (Å²) in [5.41, 5.74) is 2.58. The smallest absolute Gasteiger partial charge is 0.333 e. The van der Waals surface area contributed by atoms with Gasteiger partial charge in [0.25, 0.3) is 0 Å². The van der Waals surface area contributed by atoms with Gasteiger partial charge in [0.2, 0.25) is 0 Å². The van der Waals surface area contributed by atoms with E-state index in [0.29, 0.717) is 0 Å². The maximum atomic E-state index is 10.8. The minimum Gasteiger partial charge on any atom is -0.467 e. The maximum Gasteiger partial charge on any atom is 0.333 e. The molecular weight excluding hydrogens is 132 g/mol. The van der Waals surface area contributed by atoms with Crippen LogP contribution in [0.5, 0.6) is 0 Å². The number of nitrogens with one attached hydrogen (secondary N) is 1. The van der Waals surface area contributed by atoms with Crippen LogP contribution in [0.25, 0.3) is 0 Å². The summed E-state index contributed by atoms with van der Waals surface area (Å²) in [5, 5.41) is 3.66. The van der Waals surface area contributed by atoms with Gasteiger partial charge in [0.15, 0.2) is 6.04 Å².